The van der Waals surface area contributed by atoms with E-state index in [-0.39, 0.29) is 6.10 Å². The Kier molecular flexibility index (Phi) is 9.39. The molecule has 126 valence electrons. The number of ether oxygens (including phenoxy) is 2. The molecule has 1 saturated heterocycles. The summed E-state index contributed by atoms with van der Waals surface area (Å²) in [5.41, 5.74) is 0. The fourth-order valence-electron chi connectivity index (χ4n) is 2.45. The molecule has 0 aromatic carbocycles. The van der Waals surface area contributed by atoms with Crippen LogP contribution in [0.3, 0.4) is 0 Å². The van der Waals surface area contributed by atoms with Crippen LogP contribution < -0.4 is 0 Å². The summed E-state index contributed by atoms with van der Waals surface area (Å²) in [6.07, 6.45) is -0.384. The Balaban J connectivity index is 2.11. The highest BCUT2D eigenvalue weighted by Gasteiger charge is 2.19. The highest BCUT2D eigenvalue weighted by molar-refractivity contribution is 4.74. The van der Waals surface area contributed by atoms with E-state index < -0.39 is 6.10 Å². The fraction of sp³-hybridized carbons (Fsp3) is 1.00. The molecule has 0 saturated carbocycles. The van der Waals surface area contributed by atoms with Gasteiger partial charge in [0, 0.05) is 52.9 Å². The predicted molar refractivity (Wildman–Crippen MR) is 84.7 cm³/mol. The Morgan fingerprint density at radius 2 is 1.71 bits per heavy atom. The largest absolute Gasteiger partial charge is 0.389 e. The van der Waals surface area contributed by atoms with Crippen LogP contribution in [0.1, 0.15) is 6.92 Å². The summed E-state index contributed by atoms with van der Waals surface area (Å²) in [5.74, 6) is 0. The highest BCUT2D eigenvalue weighted by Crippen LogP contribution is 2.04. The van der Waals surface area contributed by atoms with Crippen molar-refractivity contribution < 1.29 is 14.6 Å². The minimum Gasteiger partial charge on any atom is -0.389 e. The number of aliphatic hydroxyl groups is 1. The molecule has 2 unspecified atom stereocenters. The van der Waals surface area contributed by atoms with Crippen molar-refractivity contribution in [3.05, 3.63) is 0 Å². The number of piperazine rings is 1. The lowest BCUT2D eigenvalue weighted by molar-refractivity contribution is -0.0427. The van der Waals surface area contributed by atoms with Gasteiger partial charge in [0.1, 0.15) is 0 Å². The van der Waals surface area contributed by atoms with Crippen molar-refractivity contribution in [1.29, 1.82) is 0 Å². The minimum absolute atomic E-state index is 0.0348. The van der Waals surface area contributed by atoms with E-state index in [1.54, 1.807) is 7.11 Å². The first-order valence-corrected chi connectivity index (χ1v) is 7.89. The zero-order chi connectivity index (χ0) is 15.7. The SMILES string of the molecule is COCC(C)OCC(O)CN1CCN(CCN(C)C)CC1. The molecule has 6 heteroatoms. The molecule has 2 atom stereocenters. The van der Waals surface area contributed by atoms with Crippen molar-refractivity contribution in [2.45, 2.75) is 19.1 Å². The third-order valence-corrected chi connectivity index (χ3v) is 3.77. The molecule has 0 amide bonds. The molecule has 1 fully saturated rings. The van der Waals surface area contributed by atoms with Crippen LogP contribution in [-0.4, -0.2) is 112 Å². The van der Waals surface area contributed by atoms with Crippen LogP contribution in [0.4, 0.5) is 0 Å². The molecule has 0 spiro atoms. The first-order valence-electron chi connectivity index (χ1n) is 7.89. The van der Waals surface area contributed by atoms with Crippen molar-refractivity contribution in [2.24, 2.45) is 0 Å². The molecule has 1 aliphatic rings. The van der Waals surface area contributed by atoms with E-state index in [1.165, 1.54) is 0 Å². The van der Waals surface area contributed by atoms with E-state index in [1.807, 2.05) is 6.92 Å². The van der Waals surface area contributed by atoms with Crippen LogP contribution in [-0.2, 0) is 9.47 Å². The Morgan fingerprint density at radius 1 is 1.10 bits per heavy atom. The maximum Gasteiger partial charge on any atom is 0.0900 e. The second kappa shape index (κ2) is 10.5. The molecule has 1 N–H and O–H groups in total. The molecule has 0 aliphatic carbocycles. The van der Waals surface area contributed by atoms with Gasteiger partial charge in [-0.15, -0.1) is 0 Å². The van der Waals surface area contributed by atoms with Crippen molar-refractivity contribution in [1.82, 2.24) is 14.7 Å². The third-order valence-electron chi connectivity index (χ3n) is 3.77. The summed E-state index contributed by atoms with van der Waals surface area (Å²) in [4.78, 5) is 7.02. The fourth-order valence-corrected chi connectivity index (χ4v) is 2.45. The summed E-state index contributed by atoms with van der Waals surface area (Å²) in [6, 6.07) is 0. The number of rotatable bonds is 10. The van der Waals surface area contributed by atoms with E-state index in [0.29, 0.717) is 19.8 Å². The van der Waals surface area contributed by atoms with Crippen LogP contribution in [0.15, 0.2) is 0 Å². The van der Waals surface area contributed by atoms with Gasteiger partial charge < -0.3 is 19.5 Å². The lowest BCUT2D eigenvalue weighted by Gasteiger charge is -2.36. The van der Waals surface area contributed by atoms with Gasteiger partial charge in [0.05, 0.1) is 25.4 Å². The van der Waals surface area contributed by atoms with Crippen molar-refractivity contribution >= 4 is 0 Å². The van der Waals surface area contributed by atoms with Crippen molar-refractivity contribution in [3.8, 4) is 0 Å². The van der Waals surface area contributed by atoms with Gasteiger partial charge in [0.2, 0.25) is 0 Å². The average molecular weight is 303 g/mol. The van der Waals surface area contributed by atoms with E-state index in [0.717, 1.165) is 39.3 Å². The summed E-state index contributed by atoms with van der Waals surface area (Å²) in [7, 11) is 5.88. The van der Waals surface area contributed by atoms with Gasteiger partial charge in [-0.3, -0.25) is 9.80 Å². The molecule has 6 nitrogen and oxygen atoms in total. The quantitative estimate of drug-likeness (QED) is 0.591. The zero-order valence-electron chi connectivity index (χ0n) is 14.1. The van der Waals surface area contributed by atoms with E-state index in [9.17, 15) is 5.11 Å². The predicted octanol–water partition coefficient (Wildman–Crippen LogP) is -0.422. The first-order chi connectivity index (χ1) is 10.0. The van der Waals surface area contributed by atoms with Gasteiger partial charge in [-0.05, 0) is 21.0 Å². The van der Waals surface area contributed by atoms with Crippen molar-refractivity contribution in [3.63, 3.8) is 0 Å². The molecule has 0 bridgehead atoms. The Bertz CT molecular complexity index is 259. The molecule has 1 aliphatic heterocycles. The maximum absolute atomic E-state index is 10.0. The van der Waals surface area contributed by atoms with Gasteiger partial charge in [-0.1, -0.05) is 0 Å². The Morgan fingerprint density at radius 3 is 2.29 bits per heavy atom. The second-order valence-corrected chi connectivity index (χ2v) is 6.20. The van der Waals surface area contributed by atoms with Crippen LogP contribution in [0.25, 0.3) is 0 Å². The first kappa shape index (κ1) is 18.8. The van der Waals surface area contributed by atoms with Crippen LogP contribution in [0, 0.1) is 0 Å². The summed E-state index contributed by atoms with van der Waals surface area (Å²) < 4.78 is 10.6. The van der Waals surface area contributed by atoms with E-state index in [4.69, 9.17) is 9.47 Å². The molecule has 0 aromatic rings. The topological polar surface area (TPSA) is 48.4 Å². The number of aliphatic hydroxyl groups excluding tert-OH is 1. The van der Waals surface area contributed by atoms with E-state index >= 15 is 0 Å². The molecule has 0 radical (unpaired) electrons. The van der Waals surface area contributed by atoms with Crippen LogP contribution >= 0.6 is 0 Å². The van der Waals surface area contributed by atoms with Gasteiger partial charge in [-0.2, -0.15) is 0 Å². The van der Waals surface area contributed by atoms with Crippen molar-refractivity contribution in [2.75, 3.05) is 80.2 Å². The summed E-state index contributed by atoms with van der Waals surface area (Å²) >= 11 is 0. The van der Waals surface area contributed by atoms with Gasteiger partial charge in [0.25, 0.3) is 0 Å². The molecule has 1 rings (SSSR count). The molecule has 1 heterocycles. The smallest absolute Gasteiger partial charge is 0.0900 e. The number of likely N-dealkylation sites (N-methyl/N-ethyl adjacent to an activating group) is 1. The van der Waals surface area contributed by atoms with Crippen LogP contribution in [0.5, 0.6) is 0 Å². The molecule has 0 aromatic heterocycles. The number of β-amino-alcohol motifs (C(OH)–C–C–N with tert-alkyl or cyclic N) is 1. The summed E-state index contributed by atoms with van der Waals surface area (Å²) in [6.45, 7) is 10.1. The monoisotopic (exact) mass is 303 g/mol. The van der Waals surface area contributed by atoms with Gasteiger partial charge in [-0.25, -0.2) is 0 Å². The standard InChI is InChI=1S/C15H33N3O3/c1-14(12-20-4)21-13-15(19)11-18-9-7-17(8-10-18)6-5-16(2)3/h14-15,19H,5-13H2,1-4H3. The number of nitrogens with zero attached hydrogens (tertiary/aromatic N) is 3. The van der Waals surface area contributed by atoms with Crippen LogP contribution in [0.2, 0.25) is 0 Å². The minimum atomic E-state index is -0.419. The van der Waals surface area contributed by atoms with E-state index in [2.05, 4.69) is 28.8 Å². The van der Waals surface area contributed by atoms with Gasteiger partial charge >= 0.3 is 0 Å². The van der Waals surface area contributed by atoms with Gasteiger partial charge in [0.15, 0.2) is 0 Å². The maximum atomic E-state index is 10.0. The summed E-state index contributed by atoms with van der Waals surface area (Å²) in [5, 5.41) is 10.0. The Hall–Kier alpha value is -0.240. The molecule has 21 heavy (non-hydrogen) atoms. The molecular weight excluding hydrogens is 270 g/mol. The lowest BCUT2D eigenvalue weighted by atomic mass is 10.2. The zero-order valence-corrected chi connectivity index (χ0v) is 14.1. The number of hydrogen-bond donors (Lipinski definition) is 1. The average Bonchev–Trinajstić information content (AvgIpc) is 2.45. The normalized spacial score (nSPS) is 20.9. The highest BCUT2D eigenvalue weighted by atomic mass is 16.5. The Labute approximate surface area is 129 Å². The second-order valence-electron chi connectivity index (χ2n) is 6.20. The molecular formula is C15H33N3O3. The third kappa shape index (κ3) is 8.70. The number of methoxy groups -OCH3 is 1. The number of hydrogen-bond acceptors (Lipinski definition) is 6. The lowest BCUT2D eigenvalue weighted by Crippen LogP contribution is -2.50.